The molecule has 0 saturated carbocycles. The van der Waals surface area contributed by atoms with Gasteiger partial charge in [0.25, 0.3) is 5.91 Å². The Hall–Kier alpha value is -4.46. The maximum Gasteiger partial charge on any atom is 0.338 e. The van der Waals surface area contributed by atoms with Crippen LogP contribution in [0.2, 0.25) is 0 Å². The normalized spacial score (nSPS) is 14.5. The molecule has 3 aromatic carbocycles. The number of fused-ring (bicyclic) bond motifs is 1. The molecule has 1 atom stereocenters. The molecule has 0 bridgehead atoms. The standard InChI is InChI=1S/C27H25N3O5/c1-3-35-27(34)19-12-14-20(15-13-19)28-24(31)16-23-25(32)29-21-6-4-5-7-22(21)30(23)26(33)18-10-8-17(2)9-11-18/h4-15,23H,3,16H2,1-2H3,(H,28,31)(H,29,32)/t23-/m1/s1. The lowest BCUT2D eigenvalue weighted by Gasteiger charge is -2.36. The fourth-order valence-corrected chi connectivity index (χ4v) is 3.85. The number of para-hydroxylation sites is 2. The molecule has 178 valence electrons. The number of hydrogen-bond donors (Lipinski definition) is 2. The lowest BCUT2D eigenvalue weighted by Crippen LogP contribution is -2.52. The molecule has 3 aromatic rings. The Labute approximate surface area is 202 Å². The number of carbonyl (C=O) groups is 4. The van der Waals surface area contributed by atoms with E-state index in [1.54, 1.807) is 67.6 Å². The zero-order valence-electron chi connectivity index (χ0n) is 19.4. The van der Waals surface area contributed by atoms with Crippen LogP contribution < -0.4 is 15.5 Å². The summed E-state index contributed by atoms with van der Waals surface area (Å²) >= 11 is 0. The van der Waals surface area contributed by atoms with Gasteiger partial charge in [0, 0.05) is 11.3 Å². The number of nitrogens with one attached hydrogen (secondary N) is 2. The van der Waals surface area contributed by atoms with Gasteiger partial charge in [-0.15, -0.1) is 0 Å². The molecule has 8 heteroatoms. The number of carbonyl (C=O) groups excluding carboxylic acids is 4. The van der Waals surface area contributed by atoms with Crippen LogP contribution in [0.1, 0.15) is 39.6 Å². The molecule has 0 spiro atoms. The van der Waals surface area contributed by atoms with Crippen molar-refractivity contribution in [2.75, 3.05) is 22.1 Å². The van der Waals surface area contributed by atoms with Gasteiger partial charge in [-0.2, -0.15) is 0 Å². The number of nitrogens with zero attached hydrogens (tertiary/aromatic N) is 1. The van der Waals surface area contributed by atoms with Crippen LogP contribution in [0.15, 0.2) is 72.8 Å². The van der Waals surface area contributed by atoms with Crippen molar-refractivity contribution in [1.29, 1.82) is 0 Å². The number of benzene rings is 3. The summed E-state index contributed by atoms with van der Waals surface area (Å²) in [6, 6.07) is 19.2. The van der Waals surface area contributed by atoms with Gasteiger partial charge in [-0.05, 0) is 62.4 Å². The van der Waals surface area contributed by atoms with Gasteiger partial charge in [0.15, 0.2) is 0 Å². The van der Waals surface area contributed by atoms with E-state index in [9.17, 15) is 19.2 Å². The molecular weight excluding hydrogens is 446 g/mol. The largest absolute Gasteiger partial charge is 0.462 e. The highest BCUT2D eigenvalue weighted by atomic mass is 16.5. The summed E-state index contributed by atoms with van der Waals surface area (Å²) in [5, 5.41) is 5.52. The van der Waals surface area contributed by atoms with E-state index in [-0.39, 0.29) is 18.9 Å². The molecule has 0 saturated heterocycles. The SMILES string of the molecule is CCOC(=O)c1ccc(NC(=O)C[C@@H]2C(=O)Nc3ccccc3N2C(=O)c2ccc(C)cc2)cc1. The Bertz CT molecular complexity index is 1270. The Morgan fingerprint density at radius 1 is 0.943 bits per heavy atom. The van der Waals surface area contributed by atoms with Crippen molar-refractivity contribution in [1.82, 2.24) is 0 Å². The van der Waals surface area contributed by atoms with E-state index in [0.717, 1.165) is 5.56 Å². The van der Waals surface area contributed by atoms with Crippen LogP contribution in [-0.4, -0.2) is 36.3 Å². The van der Waals surface area contributed by atoms with Crippen LogP contribution in [0.25, 0.3) is 0 Å². The fraction of sp³-hybridized carbons (Fsp3) is 0.185. The first-order valence-corrected chi connectivity index (χ1v) is 11.2. The minimum Gasteiger partial charge on any atom is -0.462 e. The molecule has 0 radical (unpaired) electrons. The maximum absolute atomic E-state index is 13.5. The molecule has 1 aliphatic heterocycles. The van der Waals surface area contributed by atoms with Gasteiger partial charge in [-0.3, -0.25) is 19.3 Å². The molecule has 2 N–H and O–H groups in total. The molecule has 4 rings (SSSR count). The van der Waals surface area contributed by atoms with E-state index in [0.29, 0.717) is 28.2 Å². The fourth-order valence-electron chi connectivity index (χ4n) is 3.85. The maximum atomic E-state index is 13.5. The van der Waals surface area contributed by atoms with E-state index in [1.165, 1.54) is 4.90 Å². The number of hydrogen-bond acceptors (Lipinski definition) is 5. The van der Waals surface area contributed by atoms with Crippen molar-refractivity contribution in [3.63, 3.8) is 0 Å². The lowest BCUT2D eigenvalue weighted by molar-refractivity contribution is -0.122. The summed E-state index contributed by atoms with van der Waals surface area (Å²) < 4.78 is 4.96. The van der Waals surface area contributed by atoms with E-state index in [4.69, 9.17) is 4.74 Å². The van der Waals surface area contributed by atoms with Crippen LogP contribution in [0.5, 0.6) is 0 Å². The van der Waals surface area contributed by atoms with Crippen molar-refractivity contribution in [3.05, 3.63) is 89.5 Å². The smallest absolute Gasteiger partial charge is 0.338 e. The second-order valence-corrected chi connectivity index (χ2v) is 8.11. The molecule has 1 heterocycles. The first-order valence-electron chi connectivity index (χ1n) is 11.2. The van der Waals surface area contributed by atoms with Gasteiger partial charge in [0.05, 0.1) is 30.0 Å². The highest BCUT2D eigenvalue weighted by molar-refractivity contribution is 6.17. The Morgan fingerprint density at radius 3 is 2.29 bits per heavy atom. The topological polar surface area (TPSA) is 105 Å². The molecule has 0 unspecified atom stereocenters. The average Bonchev–Trinajstić information content (AvgIpc) is 2.85. The van der Waals surface area contributed by atoms with Crippen molar-refractivity contribution in [2.45, 2.75) is 26.3 Å². The van der Waals surface area contributed by atoms with Gasteiger partial charge >= 0.3 is 5.97 Å². The van der Waals surface area contributed by atoms with Gasteiger partial charge < -0.3 is 15.4 Å². The Morgan fingerprint density at radius 2 is 1.60 bits per heavy atom. The molecule has 8 nitrogen and oxygen atoms in total. The predicted molar refractivity (Wildman–Crippen MR) is 132 cm³/mol. The lowest BCUT2D eigenvalue weighted by atomic mass is 10.0. The minimum absolute atomic E-state index is 0.253. The number of rotatable bonds is 6. The van der Waals surface area contributed by atoms with Crippen molar-refractivity contribution in [3.8, 4) is 0 Å². The van der Waals surface area contributed by atoms with Crippen LogP contribution >= 0.6 is 0 Å². The quantitative estimate of drug-likeness (QED) is 0.525. The second kappa shape index (κ2) is 10.2. The summed E-state index contributed by atoms with van der Waals surface area (Å²) in [6.45, 7) is 3.91. The molecule has 0 fully saturated rings. The van der Waals surface area contributed by atoms with Gasteiger partial charge in [0.2, 0.25) is 11.8 Å². The third-order valence-corrected chi connectivity index (χ3v) is 5.61. The number of esters is 1. The Balaban J connectivity index is 1.56. The van der Waals surface area contributed by atoms with Crippen molar-refractivity contribution >= 4 is 40.8 Å². The summed E-state index contributed by atoms with van der Waals surface area (Å²) in [5.41, 5.74) is 3.26. The molecule has 35 heavy (non-hydrogen) atoms. The monoisotopic (exact) mass is 471 g/mol. The third-order valence-electron chi connectivity index (χ3n) is 5.61. The van der Waals surface area contributed by atoms with Crippen LogP contribution in [0.3, 0.4) is 0 Å². The highest BCUT2D eigenvalue weighted by Crippen LogP contribution is 2.34. The van der Waals surface area contributed by atoms with Crippen LogP contribution in [-0.2, 0) is 14.3 Å². The summed E-state index contributed by atoms with van der Waals surface area (Å²) in [4.78, 5) is 52.6. The van der Waals surface area contributed by atoms with Crippen molar-refractivity contribution in [2.24, 2.45) is 0 Å². The highest BCUT2D eigenvalue weighted by Gasteiger charge is 2.38. The summed E-state index contributed by atoms with van der Waals surface area (Å²) in [7, 11) is 0. The molecule has 3 amide bonds. The van der Waals surface area contributed by atoms with Crippen molar-refractivity contribution < 1.29 is 23.9 Å². The molecule has 0 aromatic heterocycles. The predicted octanol–water partition coefficient (Wildman–Crippen LogP) is 4.17. The zero-order valence-corrected chi connectivity index (χ0v) is 19.4. The summed E-state index contributed by atoms with van der Waals surface area (Å²) in [5.74, 6) is -1.72. The van der Waals surface area contributed by atoms with E-state index in [1.807, 2.05) is 19.1 Å². The average molecular weight is 472 g/mol. The molecule has 0 aliphatic carbocycles. The first kappa shape index (κ1) is 23.7. The van der Waals surface area contributed by atoms with Gasteiger partial charge in [-0.1, -0.05) is 29.8 Å². The second-order valence-electron chi connectivity index (χ2n) is 8.11. The first-order chi connectivity index (χ1) is 16.9. The number of amides is 3. The zero-order chi connectivity index (χ0) is 24.9. The number of ether oxygens (including phenoxy) is 1. The third kappa shape index (κ3) is 5.22. The van der Waals surface area contributed by atoms with E-state index >= 15 is 0 Å². The van der Waals surface area contributed by atoms with Crippen LogP contribution in [0.4, 0.5) is 17.1 Å². The van der Waals surface area contributed by atoms with E-state index < -0.39 is 23.8 Å². The Kier molecular flexibility index (Phi) is 6.91. The molecular formula is C27H25N3O5. The van der Waals surface area contributed by atoms with Crippen LogP contribution in [0, 0.1) is 6.92 Å². The minimum atomic E-state index is -1.04. The summed E-state index contributed by atoms with van der Waals surface area (Å²) in [6.07, 6.45) is -0.253. The van der Waals surface area contributed by atoms with E-state index in [2.05, 4.69) is 10.6 Å². The number of anilines is 3. The number of aryl methyl sites for hydroxylation is 1. The van der Waals surface area contributed by atoms with Gasteiger partial charge in [-0.25, -0.2) is 4.79 Å². The molecule has 1 aliphatic rings. The van der Waals surface area contributed by atoms with Gasteiger partial charge in [0.1, 0.15) is 6.04 Å².